The maximum atomic E-state index is 12.1. The molecule has 0 saturated heterocycles. The summed E-state index contributed by atoms with van der Waals surface area (Å²) in [7, 11) is -3.24. The summed E-state index contributed by atoms with van der Waals surface area (Å²) in [5, 5.41) is 5.08. The van der Waals surface area contributed by atoms with E-state index in [1.54, 1.807) is 38.1 Å². The van der Waals surface area contributed by atoms with E-state index >= 15 is 0 Å². The van der Waals surface area contributed by atoms with Gasteiger partial charge in [0, 0.05) is 12.2 Å². The van der Waals surface area contributed by atoms with Gasteiger partial charge in [0.25, 0.3) is 0 Å². The van der Waals surface area contributed by atoms with Gasteiger partial charge in [0.1, 0.15) is 0 Å². The highest BCUT2D eigenvalue weighted by atomic mass is 32.2. The molecule has 6 heteroatoms. The maximum absolute atomic E-state index is 12.1. The Balaban J connectivity index is 1.84. The first kappa shape index (κ1) is 18.0. The Kier molecular flexibility index (Phi) is 5.98. The first-order valence-corrected chi connectivity index (χ1v) is 9.37. The summed E-state index contributed by atoms with van der Waals surface area (Å²) in [6, 6.07) is 15.7. The van der Waals surface area contributed by atoms with E-state index < -0.39 is 15.1 Å². The first-order chi connectivity index (χ1) is 11.4. The molecule has 0 aliphatic rings. The van der Waals surface area contributed by atoms with E-state index in [0.717, 1.165) is 11.3 Å². The SMILES string of the molecule is CC(C)S(=O)(=O)c1ccc(CCNC(=O)Nc2ccccc2)cc1. The summed E-state index contributed by atoms with van der Waals surface area (Å²) >= 11 is 0. The molecule has 0 heterocycles. The number of hydrogen-bond donors (Lipinski definition) is 2. The molecule has 24 heavy (non-hydrogen) atoms. The second kappa shape index (κ2) is 7.97. The van der Waals surface area contributed by atoms with E-state index in [0.29, 0.717) is 17.9 Å². The minimum Gasteiger partial charge on any atom is -0.338 e. The van der Waals surface area contributed by atoms with Crippen molar-refractivity contribution in [2.45, 2.75) is 30.4 Å². The minimum absolute atomic E-state index is 0.264. The topological polar surface area (TPSA) is 75.3 Å². The highest BCUT2D eigenvalue weighted by Crippen LogP contribution is 2.16. The normalized spacial score (nSPS) is 11.3. The molecule has 0 fully saturated rings. The molecule has 0 radical (unpaired) electrons. The molecule has 2 rings (SSSR count). The molecule has 0 unspecified atom stereocenters. The van der Waals surface area contributed by atoms with Gasteiger partial charge in [0.05, 0.1) is 10.1 Å². The largest absolute Gasteiger partial charge is 0.338 e. The van der Waals surface area contributed by atoms with Gasteiger partial charge in [-0.3, -0.25) is 0 Å². The van der Waals surface area contributed by atoms with Crippen LogP contribution in [0, 0.1) is 0 Å². The fraction of sp³-hybridized carbons (Fsp3) is 0.278. The molecule has 0 atom stereocenters. The van der Waals surface area contributed by atoms with E-state index in [4.69, 9.17) is 0 Å². The zero-order valence-corrected chi connectivity index (χ0v) is 14.6. The summed E-state index contributed by atoms with van der Waals surface area (Å²) < 4.78 is 24.1. The van der Waals surface area contributed by atoms with Crippen LogP contribution in [0.1, 0.15) is 19.4 Å². The van der Waals surface area contributed by atoms with Crippen LogP contribution in [0.5, 0.6) is 0 Å². The highest BCUT2D eigenvalue weighted by molar-refractivity contribution is 7.92. The van der Waals surface area contributed by atoms with E-state index in [1.807, 2.05) is 30.3 Å². The molecular formula is C18H22N2O3S. The molecule has 0 spiro atoms. The van der Waals surface area contributed by atoms with Crippen LogP contribution in [-0.2, 0) is 16.3 Å². The van der Waals surface area contributed by atoms with Crippen LogP contribution in [0.15, 0.2) is 59.5 Å². The zero-order chi connectivity index (χ0) is 17.6. The van der Waals surface area contributed by atoms with Crippen molar-refractivity contribution in [2.24, 2.45) is 0 Å². The fourth-order valence-electron chi connectivity index (χ4n) is 2.14. The maximum Gasteiger partial charge on any atom is 0.319 e. The Morgan fingerprint density at radius 3 is 2.21 bits per heavy atom. The lowest BCUT2D eigenvalue weighted by Gasteiger charge is -2.09. The lowest BCUT2D eigenvalue weighted by atomic mass is 10.1. The lowest BCUT2D eigenvalue weighted by molar-refractivity contribution is 0.252. The fourth-order valence-corrected chi connectivity index (χ4v) is 3.19. The van der Waals surface area contributed by atoms with Gasteiger partial charge < -0.3 is 10.6 Å². The average Bonchev–Trinajstić information content (AvgIpc) is 2.56. The number of benzene rings is 2. The average molecular weight is 346 g/mol. The van der Waals surface area contributed by atoms with Gasteiger partial charge in [-0.2, -0.15) is 0 Å². The Bertz CT molecular complexity index is 770. The number of amides is 2. The van der Waals surface area contributed by atoms with Gasteiger partial charge in [-0.1, -0.05) is 30.3 Å². The van der Waals surface area contributed by atoms with Gasteiger partial charge in [-0.25, -0.2) is 13.2 Å². The van der Waals surface area contributed by atoms with E-state index in [2.05, 4.69) is 10.6 Å². The number of sulfone groups is 1. The van der Waals surface area contributed by atoms with Crippen molar-refractivity contribution < 1.29 is 13.2 Å². The Hall–Kier alpha value is -2.34. The molecule has 2 N–H and O–H groups in total. The number of nitrogens with one attached hydrogen (secondary N) is 2. The van der Waals surface area contributed by atoms with Crippen LogP contribution < -0.4 is 10.6 Å². The van der Waals surface area contributed by atoms with Crippen molar-refractivity contribution in [1.82, 2.24) is 5.32 Å². The van der Waals surface area contributed by atoms with Crippen LogP contribution >= 0.6 is 0 Å². The van der Waals surface area contributed by atoms with E-state index in [9.17, 15) is 13.2 Å². The molecule has 2 aromatic carbocycles. The van der Waals surface area contributed by atoms with Crippen LogP contribution in [0.3, 0.4) is 0 Å². The molecule has 0 aromatic heterocycles. The molecule has 0 saturated carbocycles. The molecule has 5 nitrogen and oxygen atoms in total. The molecule has 0 aliphatic carbocycles. The summed E-state index contributed by atoms with van der Waals surface area (Å²) in [6.45, 7) is 3.80. The quantitative estimate of drug-likeness (QED) is 0.843. The monoisotopic (exact) mass is 346 g/mol. The van der Waals surface area contributed by atoms with Crippen molar-refractivity contribution in [2.75, 3.05) is 11.9 Å². The van der Waals surface area contributed by atoms with Crippen molar-refractivity contribution in [1.29, 1.82) is 0 Å². The molecule has 128 valence electrons. The molecule has 2 aromatic rings. The van der Waals surface area contributed by atoms with Crippen LogP contribution in [0.25, 0.3) is 0 Å². The van der Waals surface area contributed by atoms with Crippen LogP contribution in [0.2, 0.25) is 0 Å². The van der Waals surface area contributed by atoms with Crippen LogP contribution in [0.4, 0.5) is 10.5 Å². The molecule has 0 aliphatic heterocycles. The van der Waals surface area contributed by atoms with E-state index in [-0.39, 0.29) is 6.03 Å². The van der Waals surface area contributed by atoms with Gasteiger partial charge in [0.2, 0.25) is 0 Å². The standard InChI is InChI=1S/C18H22N2O3S/c1-14(2)24(22,23)17-10-8-15(9-11-17)12-13-19-18(21)20-16-6-4-3-5-7-16/h3-11,14H,12-13H2,1-2H3,(H2,19,20,21). The van der Waals surface area contributed by atoms with Gasteiger partial charge in [-0.15, -0.1) is 0 Å². The number of para-hydroxylation sites is 1. The Morgan fingerprint density at radius 2 is 1.62 bits per heavy atom. The smallest absolute Gasteiger partial charge is 0.319 e. The number of urea groups is 1. The second-order valence-corrected chi connectivity index (χ2v) is 8.24. The number of carbonyl (C=O) groups excluding carboxylic acids is 1. The summed E-state index contributed by atoms with van der Waals surface area (Å²) in [4.78, 5) is 12.1. The Labute approximate surface area is 143 Å². The first-order valence-electron chi connectivity index (χ1n) is 7.82. The second-order valence-electron chi connectivity index (χ2n) is 5.73. The van der Waals surface area contributed by atoms with Crippen LogP contribution in [-0.4, -0.2) is 26.2 Å². The third kappa shape index (κ3) is 4.83. The van der Waals surface area contributed by atoms with Gasteiger partial charge in [-0.05, 0) is 50.1 Å². The minimum atomic E-state index is -3.24. The van der Waals surface area contributed by atoms with Crippen molar-refractivity contribution in [3.8, 4) is 0 Å². The Morgan fingerprint density at radius 1 is 1.00 bits per heavy atom. The predicted molar refractivity (Wildman–Crippen MR) is 95.9 cm³/mol. The summed E-state index contributed by atoms with van der Waals surface area (Å²) in [5.74, 6) is 0. The molecule has 0 bridgehead atoms. The number of hydrogen-bond acceptors (Lipinski definition) is 3. The third-order valence-electron chi connectivity index (χ3n) is 3.60. The number of carbonyl (C=O) groups is 1. The number of rotatable bonds is 6. The van der Waals surface area contributed by atoms with Crippen molar-refractivity contribution in [3.63, 3.8) is 0 Å². The highest BCUT2D eigenvalue weighted by Gasteiger charge is 2.18. The van der Waals surface area contributed by atoms with E-state index in [1.165, 1.54) is 0 Å². The molecular weight excluding hydrogens is 324 g/mol. The zero-order valence-electron chi connectivity index (χ0n) is 13.8. The van der Waals surface area contributed by atoms with Gasteiger partial charge >= 0.3 is 6.03 Å². The summed E-state index contributed by atoms with van der Waals surface area (Å²) in [5.41, 5.74) is 1.70. The van der Waals surface area contributed by atoms with Crippen molar-refractivity contribution >= 4 is 21.6 Å². The predicted octanol–water partition coefficient (Wildman–Crippen LogP) is 3.23. The number of anilines is 1. The van der Waals surface area contributed by atoms with Gasteiger partial charge in [0.15, 0.2) is 9.84 Å². The summed E-state index contributed by atoms with van der Waals surface area (Å²) in [6.07, 6.45) is 0.629. The van der Waals surface area contributed by atoms with Crippen molar-refractivity contribution in [3.05, 3.63) is 60.2 Å². The lowest BCUT2D eigenvalue weighted by Crippen LogP contribution is -2.30. The third-order valence-corrected chi connectivity index (χ3v) is 5.77. The molecule has 2 amide bonds.